The number of aliphatic hydroxyl groups is 1. The average molecular weight is 185 g/mol. The first-order valence-electron chi connectivity index (χ1n) is 5.53. The lowest BCUT2D eigenvalue weighted by atomic mass is 10.0. The Balaban J connectivity index is 2.31. The summed E-state index contributed by atoms with van der Waals surface area (Å²) in [6.07, 6.45) is 3.46. The summed E-state index contributed by atoms with van der Waals surface area (Å²) in [6.45, 7) is 8.77. The molecule has 2 unspecified atom stereocenters. The van der Waals surface area contributed by atoms with Crippen LogP contribution in [0.2, 0.25) is 0 Å². The smallest absolute Gasteiger partial charge is 0.0524 e. The minimum Gasteiger partial charge on any atom is -0.393 e. The average Bonchev–Trinajstić information content (AvgIpc) is 2.47. The van der Waals surface area contributed by atoms with Gasteiger partial charge < -0.3 is 10.0 Å². The molecular weight excluding hydrogens is 162 g/mol. The van der Waals surface area contributed by atoms with Crippen LogP contribution in [0.15, 0.2) is 0 Å². The quantitative estimate of drug-likeness (QED) is 0.723. The van der Waals surface area contributed by atoms with Crippen molar-refractivity contribution < 1.29 is 5.11 Å². The van der Waals surface area contributed by atoms with Gasteiger partial charge in [0.2, 0.25) is 0 Å². The van der Waals surface area contributed by atoms with Crippen LogP contribution in [0.25, 0.3) is 0 Å². The lowest BCUT2D eigenvalue weighted by Crippen LogP contribution is -2.35. The number of hydrogen-bond acceptors (Lipinski definition) is 2. The Morgan fingerprint density at radius 2 is 2.08 bits per heavy atom. The molecule has 2 atom stereocenters. The van der Waals surface area contributed by atoms with Gasteiger partial charge in [-0.05, 0) is 38.6 Å². The van der Waals surface area contributed by atoms with E-state index in [1.165, 1.54) is 19.4 Å². The normalized spacial score (nSPS) is 27.0. The van der Waals surface area contributed by atoms with Gasteiger partial charge in [-0.3, -0.25) is 0 Å². The van der Waals surface area contributed by atoms with Crippen molar-refractivity contribution in [2.45, 2.75) is 52.2 Å². The van der Waals surface area contributed by atoms with E-state index in [-0.39, 0.29) is 6.10 Å². The molecule has 0 saturated carbocycles. The van der Waals surface area contributed by atoms with Crippen LogP contribution in [0, 0.1) is 5.92 Å². The maximum Gasteiger partial charge on any atom is 0.0524 e. The van der Waals surface area contributed by atoms with Gasteiger partial charge in [0.15, 0.2) is 0 Å². The molecule has 1 fully saturated rings. The number of likely N-dealkylation sites (tertiary alicyclic amines) is 1. The summed E-state index contributed by atoms with van der Waals surface area (Å²) in [5.41, 5.74) is 0. The van der Waals surface area contributed by atoms with E-state index >= 15 is 0 Å². The van der Waals surface area contributed by atoms with E-state index in [1.807, 2.05) is 6.92 Å². The van der Waals surface area contributed by atoms with Gasteiger partial charge in [-0.1, -0.05) is 13.8 Å². The van der Waals surface area contributed by atoms with Gasteiger partial charge in [-0.15, -0.1) is 0 Å². The fourth-order valence-electron chi connectivity index (χ4n) is 2.24. The number of nitrogens with zero attached hydrogens (tertiary/aromatic N) is 1. The predicted octanol–water partition coefficient (Wildman–Crippen LogP) is 1.88. The van der Waals surface area contributed by atoms with Gasteiger partial charge in [0, 0.05) is 12.6 Å². The molecule has 1 N–H and O–H groups in total. The fourth-order valence-corrected chi connectivity index (χ4v) is 2.24. The molecule has 0 aromatic carbocycles. The van der Waals surface area contributed by atoms with Crippen LogP contribution in [-0.2, 0) is 0 Å². The first-order valence-corrected chi connectivity index (χ1v) is 5.53. The van der Waals surface area contributed by atoms with Crippen molar-refractivity contribution >= 4 is 0 Å². The highest BCUT2D eigenvalue weighted by Gasteiger charge is 2.26. The van der Waals surface area contributed by atoms with Crippen molar-refractivity contribution in [3.05, 3.63) is 0 Å². The van der Waals surface area contributed by atoms with Crippen LogP contribution >= 0.6 is 0 Å². The van der Waals surface area contributed by atoms with E-state index in [4.69, 9.17) is 0 Å². The SMILES string of the molecule is CC(O)CCN1CCCC1C(C)C. The van der Waals surface area contributed by atoms with Gasteiger partial charge in [-0.2, -0.15) is 0 Å². The van der Waals surface area contributed by atoms with E-state index in [0.717, 1.165) is 24.9 Å². The van der Waals surface area contributed by atoms with Crippen molar-refractivity contribution in [3.63, 3.8) is 0 Å². The van der Waals surface area contributed by atoms with Crippen molar-refractivity contribution in [2.24, 2.45) is 5.92 Å². The summed E-state index contributed by atoms with van der Waals surface area (Å²) >= 11 is 0. The van der Waals surface area contributed by atoms with Crippen LogP contribution in [0.1, 0.15) is 40.0 Å². The number of hydrogen-bond donors (Lipinski definition) is 1. The molecule has 0 aliphatic carbocycles. The second kappa shape index (κ2) is 4.97. The van der Waals surface area contributed by atoms with Gasteiger partial charge in [-0.25, -0.2) is 0 Å². The second-order valence-electron chi connectivity index (χ2n) is 4.63. The standard InChI is InChI=1S/C11H23NO/c1-9(2)11-5-4-7-12(11)8-6-10(3)13/h9-11,13H,4-8H2,1-3H3. The minimum absolute atomic E-state index is 0.145. The van der Waals surface area contributed by atoms with Gasteiger partial charge >= 0.3 is 0 Å². The first kappa shape index (κ1) is 11.0. The summed E-state index contributed by atoms with van der Waals surface area (Å²) in [6, 6.07) is 0.763. The van der Waals surface area contributed by atoms with Crippen LogP contribution in [0.3, 0.4) is 0 Å². The third-order valence-electron chi connectivity index (χ3n) is 3.02. The first-order chi connectivity index (χ1) is 6.11. The topological polar surface area (TPSA) is 23.5 Å². The molecule has 0 radical (unpaired) electrons. The molecular formula is C11H23NO. The molecule has 13 heavy (non-hydrogen) atoms. The van der Waals surface area contributed by atoms with Crippen LogP contribution in [0.4, 0.5) is 0 Å². The fraction of sp³-hybridized carbons (Fsp3) is 1.00. The Labute approximate surface area is 81.9 Å². The maximum absolute atomic E-state index is 9.21. The van der Waals surface area contributed by atoms with E-state index in [9.17, 15) is 5.11 Å². The second-order valence-corrected chi connectivity index (χ2v) is 4.63. The van der Waals surface area contributed by atoms with Gasteiger partial charge in [0.25, 0.3) is 0 Å². The molecule has 1 aliphatic heterocycles. The van der Waals surface area contributed by atoms with Crippen molar-refractivity contribution in [2.75, 3.05) is 13.1 Å². The molecule has 2 nitrogen and oxygen atoms in total. The van der Waals surface area contributed by atoms with Crippen molar-refractivity contribution in [3.8, 4) is 0 Å². The molecule has 0 aromatic rings. The Bertz CT molecular complexity index is 145. The Kier molecular flexibility index (Phi) is 4.20. The zero-order valence-corrected chi connectivity index (χ0v) is 9.16. The lowest BCUT2D eigenvalue weighted by molar-refractivity contribution is 0.139. The summed E-state index contributed by atoms with van der Waals surface area (Å²) < 4.78 is 0. The molecule has 0 amide bonds. The summed E-state index contributed by atoms with van der Waals surface area (Å²) in [5, 5.41) is 9.21. The minimum atomic E-state index is -0.145. The molecule has 1 aliphatic rings. The van der Waals surface area contributed by atoms with E-state index in [0.29, 0.717) is 0 Å². The van der Waals surface area contributed by atoms with Crippen molar-refractivity contribution in [1.29, 1.82) is 0 Å². The van der Waals surface area contributed by atoms with Gasteiger partial charge in [0.1, 0.15) is 0 Å². The number of aliphatic hydroxyl groups excluding tert-OH is 1. The lowest BCUT2D eigenvalue weighted by Gasteiger charge is -2.27. The highest BCUT2D eigenvalue weighted by Crippen LogP contribution is 2.23. The molecule has 0 aromatic heterocycles. The highest BCUT2D eigenvalue weighted by molar-refractivity contribution is 4.81. The van der Waals surface area contributed by atoms with Crippen LogP contribution in [-0.4, -0.2) is 35.2 Å². The Morgan fingerprint density at radius 3 is 2.62 bits per heavy atom. The monoisotopic (exact) mass is 185 g/mol. The highest BCUT2D eigenvalue weighted by atomic mass is 16.3. The summed E-state index contributed by atoms with van der Waals surface area (Å²) in [7, 11) is 0. The maximum atomic E-state index is 9.21. The van der Waals surface area contributed by atoms with Crippen molar-refractivity contribution in [1.82, 2.24) is 4.90 Å². The molecule has 0 spiro atoms. The molecule has 1 saturated heterocycles. The van der Waals surface area contributed by atoms with Crippen LogP contribution < -0.4 is 0 Å². The third kappa shape index (κ3) is 3.28. The molecule has 2 heteroatoms. The van der Waals surface area contributed by atoms with E-state index in [2.05, 4.69) is 18.7 Å². The summed E-state index contributed by atoms with van der Waals surface area (Å²) in [4.78, 5) is 2.54. The van der Waals surface area contributed by atoms with Gasteiger partial charge in [0.05, 0.1) is 6.10 Å². The molecule has 1 heterocycles. The molecule has 1 rings (SSSR count). The zero-order chi connectivity index (χ0) is 9.84. The molecule has 0 bridgehead atoms. The summed E-state index contributed by atoms with van der Waals surface area (Å²) in [5.74, 6) is 0.761. The van der Waals surface area contributed by atoms with Crippen LogP contribution in [0.5, 0.6) is 0 Å². The largest absolute Gasteiger partial charge is 0.393 e. The Morgan fingerprint density at radius 1 is 1.38 bits per heavy atom. The number of rotatable bonds is 4. The van der Waals surface area contributed by atoms with E-state index in [1.54, 1.807) is 0 Å². The third-order valence-corrected chi connectivity index (χ3v) is 3.02. The molecule has 78 valence electrons. The predicted molar refractivity (Wildman–Crippen MR) is 55.7 cm³/mol. The Hall–Kier alpha value is -0.0800. The van der Waals surface area contributed by atoms with E-state index < -0.39 is 0 Å². The zero-order valence-electron chi connectivity index (χ0n) is 9.16.